The Morgan fingerprint density at radius 2 is 2.14 bits per heavy atom. The maximum Gasteiger partial charge on any atom is 0.223 e. The number of anilines is 1. The van der Waals surface area contributed by atoms with Crippen LogP contribution < -0.4 is 19.9 Å². The van der Waals surface area contributed by atoms with Crippen molar-refractivity contribution in [3.8, 4) is 17.4 Å². The van der Waals surface area contributed by atoms with Crippen LogP contribution in [-0.4, -0.2) is 30.8 Å². The van der Waals surface area contributed by atoms with Crippen molar-refractivity contribution in [3.05, 3.63) is 35.5 Å². The molecule has 116 valence electrons. The van der Waals surface area contributed by atoms with E-state index in [9.17, 15) is 0 Å². The van der Waals surface area contributed by atoms with Crippen molar-refractivity contribution in [3.63, 3.8) is 0 Å². The van der Waals surface area contributed by atoms with Crippen LogP contribution in [0.3, 0.4) is 0 Å². The number of rotatable bonds is 4. The third kappa shape index (κ3) is 2.90. The first kappa shape index (κ1) is 14.4. The van der Waals surface area contributed by atoms with Gasteiger partial charge in [-0.25, -0.2) is 4.98 Å². The average Bonchev–Trinajstić information content (AvgIpc) is 2.53. The Balaban J connectivity index is 1.77. The summed E-state index contributed by atoms with van der Waals surface area (Å²) in [5, 5.41) is 0. The summed E-state index contributed by atoms with van der Waals surface area (Å²) < 4.78 is 16.4. The quantitative estimate of drug-likeness (QED) is 0.928. The number of hydrogen-bond acceptors (Lipinski definition) is 6. The molecule has 0 saturated heterocycles. The van der Waals surface area contributed by atoms with E-state index in [2.05, 4.69) is 16.0 Å². The minimum atomic E-state index is 0.230. The van der Waals surface area contributed by atoms with E-state index in [4.69, 9.17) is 19.9 Å². The molecule has 1 atom stereocenters. The summed E-state index contributed by atoms with van der Waals surface area (Å²) in [5.74, 6) is 2.68. The number of methoxy groups -OCH3 is 2. The molecule has 0 saturated carbocycles. The highest BCUT2D eigenvalue weighted by atomic mass is 16.5. The second-order valence-electron chi connectivity index (χ2n) is 5.29. The van der Waals surface area contributed by atoms with Crippen molar-refractivity contribution in [2.45, 2.75) is 12.8 Å². The summed E-state index contributed by atoms with van der Waals surface area (Å²) in [6.07, 6.45) is 1.68. The van der Waals surface area contributed by atoms with Gasteiger partial charge >= 0.3 is 0 Å². The van der Waals surface area contributed by atoms with Gasteiger partial charge in [0.05, 0.1) is 26.5 Å². The van der Waals surface area contributed by atoms with Crippen LogP contribution in [0.5, 0.6) is 17.4 Å². The Hall–Kier alpha value is -2.50. The van der Waals surface area contributed by atoms with Crippen LogP contribution in [0.1, 0.15) is 11.3 Å². The molecule has 1 aromatic heterocycles. The van der Waals surface area contributed by atoms with Gasteiger partial charge in [0, 0.05) is 12.0 Å². The van der Waals surface area contributed by atoms with E-state index in [1.807, 2.05) is 18.2 Å². The Morgan fingerprint density at radius 1 is 1.27 bits per heavy atom. The highest BCUT2D eigenvalue weighted by Crippen LogP contribution is 2.36. The van der Waals surface area contributed by atoms with Crippen LogP contribution in [0.2, 0.25) is 0 Å². The average molecular weight is 301 g/mol. The summed E-state index contributed by atoms with van der Waals surface area (Å²) in [4.78, 5) is 8.27. The zero-order valence-electron chi connectivity index (χ0n) is 12.7. The standard InChI is InChI=1S/C16H19N3O3/c1-20-13-5-3-4-11-6-10(9-22-15(11)13)7-12-8-14(21-2)19-16(17)18-12/h3-5,8,10H,6-7,9H2,1-2H3,(H2,17,18,19)/t10-/m1/s1. The Kier molecular flexibility index (Phi) is 4.00. The van der Waals surface area contributed by atoms with Crippen molar-refractivity contribution in [1.82, 2.24) is 9.97 Å². The Labute approximate surface area is 129 Å². The lowest BCUT2D eigenvalue weighted by Gasteiger charge is -2.26. The van der Waals surface area contributed by atoms with Crippen LogP contribution >= 0.6 is 0 Å². The second-order valence-corrected chi connectivity index (χ2v) is 5.29. The number of nitrogen functional groups attached to an aromatic ring is 1. The van der Waals surface area contributed by atoms with Crippen LogP contribution in [0, 0.1) is 5.92 Å². The number of ether oxygens (including phenoxy) is 3. The number of hydrogen-bond donors (Lipinski definition) is 1. The van der Waals surface area contributed by atoms with Gasteiger partial charge in [-0.3, -0.25) is 0 Å². The molecular formula is C16H19N3O3. The summed E-state index contributed by atoms with van der Waals surface area (Å²) in [5.41, 5.74) is 7.73. The van der Waals surface area contributed by atoms with Crippen LogP contribution in [0.4, 0.5) is 5.95 Å². The Morgan fingerprint density at radius 3 is 2.91 bits per heavy atom. The minimum absolute atomic E-state index is 0.230. The van der Waals surface area contributed by atoms with E-state index in [0.29, 0.717) is 18.4 Å². The highest BCUT2D eigenvalue weighted by molar-refractivity contribution is 5.47. The summed E-state index contributed by atoms with van der Waals surface area (Å²) in [7, 11) is 3.22. The summed E-state index contributed by atoms with van der Waals surface area (Å²) in [6.45, 7) is 0.625. The lowest BCUT2D eigenvalue weighted by Crippen LogP contribution is -2.23. The number of fused-ring (bicyclic) bond motifs is 1. The van der Waals surface area contributed by atoms with E-state index in [0.717, 1.165) is 35.6 Å². The predicted molar refractivity (Wildman–Crippen MR) is 82.4 cm³/mol. The van der Waals surface area contributed by atoms with Crippen molar-refractivity contribution >= 4 is 5.95 Å². The third-order valence-electron chi connectivity index (χ3n) is 3.73. The molecule has 0 spiro atoms. The van der Waals surface area contributed by atoms with Gasteiger partial charge in [0.15, 0.2) is 11.5 Å². The predicted octanol–water partition coefficient (Wildman–Crippen LogP) is 1.87. The highest BCUT2D eigenvalue weighted by Gasteiger charge is 2.23. The topological polar surface area (TPSA) is 79.5 Å². The van der Waals surface area contributed by atoms with Gasteiger partial charge in [-0.15, -0.1) is 0 Å². The van der Waals surface area contributed by atoms with E-state index >= 15 is 0 Å². The second kappa shape index (κ2) is 6.09. The number of nitrogens with zero attached hydrogens (tertiary/aromatic N) is 2. The van der Waals surface area contributed by atoms with Gasteiger partial charge < -0.3 is 19.9 Å². The van der Waals surface area contributed by atoms with Crippen LogP contribution in [-0.2, 0) is 12.8 Å². The normalized spacial score (nSPS) is 16.5. The maximum atomic E-state index is 5.89. The van der Waals surface area contributed by atoms with Gasteiger partial charge in [-0.1, -0.05) is 12.1 Å². The molecule has 22 heavy (non-hydrogen) atoms. The molecule has 6 nitrogen and oxygen atoms in total. The fourth-order valence-corrected chi connectivity index (χ4v) is 2.75. The lowest BCUT2D eigenvalue weighted by atomic mass is 9.92. The molecule has 2 N–H and O–H groups in total. The van der Waals surface area contributed by atoms with Gasteiger partial charge in [0.2, 0.25) is 11.8 Å². The molecule has 2 heterocycles. The molecule has 0 radical (unpaired) electrons. The van der Waals surface area contributed by atoms with Crippen molar-refractivity contribution in [1.29, 1.82) is 0 Å². The SMILES string of the molecule is COc1cc(C[C@@H]2COc3c(cccc3OC)C2)nc(N)n1. The molecule has 0 fully saturated rings. The van der Waals surface area contributed by atoms with E-state index in [-0.39, 0.29) is 5.95 Å². The fourth-order valence-electron chi connectivity index (χ4n) is 2.75. The molecule has 0 amide bonds. The molecular weight excluding hydrogens is 282 g/mol. The largest absolute Gasteiger partial charge is 0.493 e. The van der Waals surface area contributed by atoms with E-state index < -0.39 is 0 Å². The molecule has 1 aromatic carbocycles. The molecule has 0 bridgehead atoms. The van der Waals surface area contributed by atoms with Gasteiger partial charge in [-0.2, -0.15) is 4.98 Å². The zero-order valence-corrected chi connectivity index (χ0v) is 12.7. The number of aromatic nitrogens is 2. The van der Waals surface area contributed by atoms with Gasteiger partial charge in [0.1, 0.15) is 0 Å². The first-order valence-corrected chi connectivity index (χ1v) is 7.15. The van der Waals surface area contributed by atoms with Crippen molar-refractivity contribution in [2.24, 2.45) is 5.92 Å². The molecule has 1 aliphatic rings. The first-order chi connectivity index (χ1) is 10.7. The molecule has 2 aromatic rings. The van der Waals surface area contributed by atoms with Crippen molar-refractivity contribution < 1.29 is 14.2 Å². The van der Waals surface area contributed by atoms with E-state index in [1.165, 1.54) is 0 Å². The smallest absolute Gasteiger partial charge is 0.223 e. The van der Waals surface area contributed by atoms with Crippen molar-refractivity contribution in [2.75, 3.05) is 26.6 Å². The molecule has 0 aliphatic carbocycles. The first-order valence-electron chi connectivity index (χ1n) is 7.15. The monoisotopic (exact) mass is 301 g/mol. The van der Waals surface area contributed by atoms with Crippen LogP contribution in [0.15, 0.2) is 24.3 Å². The number of benzene rings is 1. The maximum absolute atomic E-state index is 5.89. The fraction of sp³-hybridized carbons (Fsp3) is 0.375. The molecule has 1 aliphatic heterocycles. The zero-order chi connectivity index (χ0) is 15.5. The van der Waals surface area contributed by atoms with E-state index in [1.54, 1.807) is 14.2 Å². The summed E-state index contributed by atoms with van der Waals surface area (Å²) >= 11 is 0. The van der Waals surface area contributed by atoms with Crippen LogP contribution in [0.25, 0.3) is 0 Å². The minimum Gasteiger partial charge on any atom is -0.493 e. The number of para-hydroxylation sites is 1. The molecule has 6 heteroatoms. The Bertz CT molecular complexity index is 676. The van der Waals surface area contributed by atoms with Gasteiger partial charge in [-0.05, 0) is 24.5 Å². The lowest BCUT2D eigenvalue weighted by molar-refractivity contribution is 0.210. The molecule has 3 rings (SSSR count). The third-order valence-corrected chi connectivity index (χ3v) is 3.73. The van der Waals surface area contributed by atoms with Gasteiger partial charge in [0.25, 0.3) is 0 Å². The number of nitrogens with two attached hydrogens (primary N) is 1. The molecule has 0 unspecified atom stereocenters. The summed E-state index contributed by atoms with van der Waals surface area (Å²) in [6, 6.07) is 7.78.